The molecule has 5 nitrogen and oxygen atoms in total. The summed E-state index contributed by atoms with van der Waals surface area (Å²) in [6.07, 6.45) is 8.07. The highest BCUT2D eigenvalue weighted by molar-refractivity contribution is 5.76. The van der Waals surface area contributed by atoms with Crippen molar-refractivity contribution in [2.45, 2.75) is 13.0 Å². The van der Waals surface area contributed by atoms with Crippen LogP contribution in [0, 0.1) is 0 Å². The Hall–Kier alpha value is -2.17. The van der Waals surface area contributed by atoms with Gasteiger partial charge in [0.05, 0.1) is 6.04 Å². The smallest absolute Gasteiger partial charge is 0.327 e. The first-order valence-electron chi connectivity index (χ1n) is 4.96. The average molecular weight is 216 g/mol. The Balaban J connectivity index is 2.03. The van der Waals surface area contributed by atoms with Crippen molar-refractivity contribution in [1.29, 1.82) is 0 Å². The third kappa shape index (κ3) is 2.25. The maximum atomic E-state index is 11.7. The summed E-state index contributed by atoms with van der Waals surface area (Å²) in [4.78, 5) is 19.5. The van der Waals surface area contributed by atoms with Gasteiger partial charge < -0.3 is 5.32 Å². The molecule has 0 fully saturated rings. The fraction of sp³-hybridized carbons (Fsp3) is 0.182. The van der Waals surface area contributed by atoms with E-state index in [9.17, 15) is 4.79 Å². The molecular weight excluding hydrogens is 204 g/mol. The Bertz CT molecular complexity index is 452. The Labute approximate surface area is 93.2 Å². The minimum atomic E-state index is -0.200. The fourth-order valence-electron chi connectivity index (χ4n) is 1.35. The maximum Gasteiger partial charge on any atom is 0.327 e. The number of hydrogen-bond donors (Lipinski definition) is 1. The number of hydrogen-bond acceptors (Lipinski definition) is 3. The number of aromatic nitrogens is 3. The SMILES string of the molecule is C[C@H](NC(=O)n1ccnc1)c1cccnc1. The van der Waals surface area contributed by atoms with Gasteiger partial charge in [0.15, 0.2) is 0 Å². The molecule has 2 heterocycles. The van der Waals surface area contributed by atoms with Crippen LogP contribution in [0.25, 0.3) is 0 Å². The summed E-state index contributed by atoms with van der Waals surface area (Å²) in [5.41, 5.74) is 0.968. The lowest BCUT2D eigenvalue weighted by molar-refractivity contribution is 0.239. The Morgan fingerprint density at radius 2 is 2.31 bits per heavy atom. The van der Waals surface area contributed by atoms with Crippen molar-refractivity contribution in [3.05, 3.63) is 48.8 Å². The summed E-state index contributed by atoms with van der Waals surface area (Å²) in [7, 11) is 0. The fourth-order valence-corrected chi connectivity index (χ4v) is 1.35. The third-order valence-corrected chi connectivity index (χ3v) is 2.26. The van der Waals surface area contributed by atoms with E-state index in [1.54, 1.807) is 24.8 Å². The molecule has 0 saturated heterocycles. The van der Waals surface area contributed by atoms with Crippen LogP contribution in [0.15, 0.2) is 43.2 Å². The van der Waals surface area contributed by atoms with Crippen LogP contribution in [0.4, 0.5) is 4.79 Å². The van der Waals surface area contributed by atoms with Crippen molar-refractivity contribution in [1.82, 2.24) is 19.9 Å². The molecule has 0 unspecified atom stereocenters. The second-order valence-electron chi connectivity index (χ2n) is 3.43. The van der Waals surface area contributed by atoms with E-state index < -0.39 is 0 Å². The molecule has 2 aromatic heterocycles. The van der Waals surface area contributed by atoms with E-state index >= 15 is 0 Å². The number of imidazole rings is 1. The zero-order chi connectivity index (χ0) is 11.4. The molecule has 82 valence electrons. The Kier molecular flexibility index (Phi) is 2.95. The first kappa shape index (κ1) is 10.4. The van der Waals surface area contributed by atoms with E-state index in [4.69, 9.17) is 0 Å². The van der Waals surface area contributed by atoms with Crippen LogP contribution in [0.5, 0.6) is 0 Å². The van der Waals surface area contributed by atoms with Crippen LogP contribution in [-0.2, 0) is 0 Å². The maximum absolute atomic E-state index is 11.7. The van der Waals surface area contributed by atoms with Gasteiger partial charge >= 0.3 is 6.03 Å². The van der Waals surface area contributed by atoms with Gasteiger partial charge in [0, 0.05) is 24.8 Å². The van der Waals surface area contributed by atoms with Gasteiger partial charge in [-0.15, -0.1) is 0 Å². The monoisotopic (exact) mass is 216 g/mol. The number of carbonyl (C=O) groups excluding carboxylic acids is 1. The zero-order valence-electron chi connectivity index (χ0n) is 8.87. The van der Waals surface area contributed by atoms with Crippen LogP contribution in [0.3, 0.4) is 0 Å². The third-order valence-electron chi connectivity index (χ3n) is 2.26. The largest absolute Gasteiger partial charge is 0.331 e. The number of nitrogens with zero attached hydrogens (tertiary/aromatic N) is 3. The first-order valence-corrected chi connectivity index (χ1v) is 4.96. The summed E-state index contributed by atoms with van der Waals surface area (Å²) in [5, 5.41) is 2.84. The molecule has 1 amide bonds. The minimum absolute atomic E-state index is 0.0800. The molecule has 0 radical (unpaired) electrons. The van der Waals surface area contributed by atoms with E-state index in [0.29, 0.717) is 0 Å². The van der Waals surface area contributed by atoms with Gasteiger partial charge in [-0.2, -0.15) is 0 Å². The molecule has 0 spiro atoms. The van der Waals surface area contributed by atoms with E-state index in [2.05, 4.69) is 15.3 Å². The van der Waals surface area contributed by atoms with Crippen molar-refractivity contribution in [2.24, 2.45) is 0 Å². The highest BCUT2D eigenvalue weighted by Gasteiger charge is 2.09. The zero-order valence-corrected chi connectivity index (χ0v) is 8.87. The van der Waals surface area contributed by atoms with Crippen molar-refractivity contribution in [3.63, 3.8) is 0 Å². The second-order valence-corrected chi connectivity index (χ2v) is 3.43. The lowest BCUT2D eigenvalue weighted by Crippen LogP contribution is -2.30. The van der Waals surface area contributed by atoms with E-state index in [0.717, 1.165) is 5.56 Å². The van der Waals surface area contributed by atoms with Crippen molar-refractivity contribution in [3.8, 4) is 0 Å². The lowest BCUT2D eigenvalue weighted by Gasteiger charge is -2.13. The number of nitrogens with one attached hydrogen (secondary N) is 1. The molecule has 0 bridgehead atoms. The second kappa shape index (κ2) is 4.57. The molecule has 2 rings (SSSR count). The van der Waals surface area contributed by atoms with E-state index in [-0.39, 0.29) is 12.1 Å². The number of rotatable bonds is 2. The Morgan fingerprint density at radius 3 is 2.94 bits per heavy atom. The van der Waals surface area contributed by atoms with Gasteiger partial charge in [-0.3, -0.25) is 9.55 Å². The highest BCUT2D eigenvalue weighted by atomic mass is 16.2. The highest BCUT2D eigenvalue weighted by Crippen LogP contribution is 2.09. The van der Waals surface area contributed by atoms with Crippen molar-refractivity contribution >= 4 is 6.03 Å². The van der Waals surface area contributed by atoms with Gasteiger partial charge in [-0.05, 0) is 18.6 Å². The van der Waals surface area contributed by atoms with Gasteiger partial charge in [-0.25, -0.2) is 9.78 Å². The van der Waals surface area contributed by atoms with Gasteiger partial charge in [0.2, 0.25) is 0 Å². The summed E-state index contributed by atoms with van der Waals surface area (Å²) in [6, 6.07) is 3.48. The first-order chi connectivity index (χ1) is 7.77. The van der Waals surface area contributed by atoms with Crippen LogP contribution in [0.2, 0.25) is 0 Å². The predicted octanol–water partition coefficient (Wildman–Crippen LogP) is 1.60. The van der Waals surface area contributed by atoms with Crippen molar-refractivity contribution in [2.75, 3.05) is 0 Å². The van der Waals surface area contributed by atoms with Crippen molar-refractivity contribution < 1.29 is 4.79 Å². The molecule has 1 atom stereocenters. The van der Waals surface area contributed by atoms with E-state index in [1.165, 1.54) is 10.9 Å². The molecule has 0 aromatic carbocycles. The molecule has 16 heavy (non-hydrogen) atoms. The van der Waals surface area contributed by atoms with Crippen LogP contribution in [-0.4, -0.2) is 20.6 Å². The molecule has 0 aliphatic rings. The predicted molar refractivity (Wildman–Crippen MR) is 58.8 cm³/mol. The molecule has 0 saturated carbocycles. The average Bonchev–Trinajstić information content (AvgIpc) is 2.83. The Morgan fingerprint density at radius 1 is 1.44 bits per heavy atom. The van der Waals surface area contributed by atoms with E-state index in [1.807, 2.05) is 19.1 Å². The van der Waals surface area contributed by atoms with Gasteiger partial charge in [-0.1, -0.05) is 6.07 Å². The summed E-state index contributed by atoms with van der Waals surface area (Å²) >= 11 is 0. The van der Waals surface area contributed by atoms with Gasteiger partial charge in [0.1, 0.15) is 6.33 Å². The molecule has 1 N–H and O–H groups in total. The quantitative estimate of drug-likeness (QED) is 0.829. The topological polar surface area (TPSA) is 59.8 Å². The standard InChI is InChI=1S/C11H12N4O/c1-9(10-3-2-4-12-7-10)14-11(16)15-6-5-13-8-15/h2-9H,1H3,(H,14,16)/t9-/m0/s1. The van der Waals surface area contributed by atoms with Crippen LogP contribution >= 0.6 is 0 Å². The molecule has 0 aliphatic heterocycles. The van der Waals surface area contributed by atoms with Crippen LogP contribution in [0.1, 0.15) is 18.5 Å². The number of pyridine rings is 1. The van der Waals surface area contributed by atoms with Crippen LogP contribution < -0.4 is 5.32 Å². The molecule has 5 heteroatoms. The molecule has 0 aliphatic carbocycles. The molecule has 2 aromatic rings. The molecular formula is C11H12N4O. The van der Waals surface area contributed by atoms with Gasteiger partial charge in [0.25, 0.3) is 0 Å². The lowest BCUT2D eigenvalue weighted by atomic mass is 10.1. The summed E-state index contributed by atoms with van der Waals surface area (Å²) in [5.74, 6) is 0. The normalized spacial score (nSPS) is 12.1. The minimum Gasteiger partial charge on any atom is -0.331 e. The number of amides is 1. The number of carbonyl (C=O) groups is 1. The summed E-state index contributed by atoms with van der Waals surface area (Å²) < 4.78 is 1.40. The summed E-state index contributed by atoms with van der Waals surface area (Å²) in [6.45, 7) is 1.91.